The summed E-state index contributed by atoms with van der Waals surface area (Å²) in [6.07, 6.45) is 4.77. The first-order valence-electron chi connectivity index (χ1n) is 11.5. The third-order valence-electron chi connectivity index (χ3n) is 7.55. The van der Waals surface area contributed by atoms with Crippen molar-refractivity contribution in [1.82, 2.24) is 15.1 Å². The molecule has 2 aromatic carbocycles. The fourth-order valence-electron chi connectivity index (χ4n) is 6.00. The summed E-state index contributed by atoms with van der Waals surface area (Å²) >= 11 is 6.19. The van der Waals surface area contributed by atoms with Gasteiger partial charge in [0.15, 0.2) is 0 Å². The van der Waals surface area contributed by atoms with Gasteiger partial charge in [-0.15, -0.1) is 10.2 Å². The van der Waals surface area contributed by atoms with Crippen molar-refractivity contribution in [3.8, 4) is 11.3 Å². The maximum Gasteiger partial charge on any atom is 0.148 e. The number of rotatable bonds is 4. The molecule has 6 rings (SSSR count). The highest BCUT2D eigenvalue weighted by molar-refractivity contribution is 6.33. The summed E-state index contributed by atoms with van der Waals surface area (Å²) in [5.74, 6) is 1.96. The van der Waals surface area contributed by atoms with E-state index < -0.39 is 0 Å². The Kier molecular flexibility index (Phi) is 5.11. The molecule has 1 aliphatic heterocycles. The van der Waals surface area contributed by atoms with Crippen LogP contribution in [0.3, 0.4) is 0 Å². The lowest BCUT2D eigenvalue weighted by Gasteiger charge is -2.25. The van der Waals surface area contributed by atoms with Gasteiger partial charge in [0.05, 0.1) is 10.7 Å². The van der Waals surface area contributed by atoms with Gasteiger partial charge in [-0.2, -0.15) is 0 Å². The van der Waals surface area contributed by atoms with Crippen molar-refractivity contribution in [3.63, 3.8) is 0 Å². The number of anilines is 1. The number of nitrogens with zero attached hydrogens (tertiary/aromatic N) is 3. The van der Waals surface area contributed by atoms with Gasteiger partial charge in [0, 0.05) is 30.7 Å². The van der Waals surface area contributed by atoms with Gasteiger partial charge in [0.2, 0.25) is 0 Å². The molecule has 1 N–H and O–H groups in total. The van der Waals surface area contributed by atoms with E-state index in [4.69, 9.17) is 11.6 Å². The van der Waals surface area contributed by atoms with Crippen molar-refractivity contribution in [2.45, 2.75) is 37.8 Å². The highest BCUT2D eigenvalue weighted by atomic mass is 35.5. The summed E-state index contributed by atoms with van der Waals surface area (Å²) in [7, 11) is 0. The zero-order valence-electron chi connectivity index (χ0n) is 17.8. The maximum absolute atomic E-state index is 13.6. The van der Waals surface area contributed by atoms with Gasteiger partial charge >= 0.3 is 0 Å². The van der Waals surface area contributed by atoms with E-state index in [1.54, 1.807) is 6.07 Å². The molecule has 1 saturated heterocycles. The van der Waals surface area contributed by atoms with Gasteiger partial charge in [-0.05, 0) is 79.0 Å². The Balaban J connectivity index is 1.05. The SMILES string of the molecule is Fc1ccc(Cl)c(-c2ccc(NC3CC4CN(C5Cc6ccccc6C5)C[C@H]4C3)nn2)c1. The fourth-order valence-corrected chi connectivity index (χ4v) is 6.22. The predicted octanol–water partition coefficient (Wildman–Crippen LogP) is 5.23. The highest BCUT2D eigenvalue weighted by Crippen LogP contribution is 2.41. The molecule has 0 radical (unpaired) electrons. The second kappa shape index (κ2) is 8.13. The molecule has 164 valence electrons. The van der Waals surface area contributed by atoms with E-state index in [1.165, 1.54) is 62.0 Å². The van der Waals surface area contributed by atoms with Crippen LogP contribution in [0.15, 0.2) is 54.6 Å². The summed E-state index contributed by atoms with van der Waals surface area (Å²) in [6.45, 7) is 2.42. The first kappa shape index (κ1) is 20.1. The minimum atomic E-state index is -0.332. The largest absolute Gasteiger partial charge is 0.366 e. The molecular weight excluding hydrogens is 423 g/mol. The third kappa shape index (κ3) is 3.78. The predicted molar refractivity (Wildman–Crippen MR) is 125 cm³/mol. The summed E-state index contributed by atoms with van der Waals surface area (Å²) in [6, 6.07) is 18.1. The molecule has 1 saturated carbocycles. The van der Waals surface area contributed by atoms with Crippen LogP contribution in [0, 0.1) is 17.7 Å². The van der Waals surface area contributed by atoms with Crippen molar-refractivity contribution < 1.29 is 4.39 Å². The number of hydrogen-bond donors (Lipinski definition) is 1. The molecule has 3 aromatic rings. The average molecular weight is 449 g/mol. The monoisotopic (exact) mass is 448 g/mol. The van der Waals surface area contributed by atoms with Gasteiger partial charge in [-0.1, -0.05) is 35.9 Å². The zero-order valence-corrected chi connectivity index (χ0v) is 18.6. The number of hydrogen-bond acceptors (Lipinski definition) is 4. The summed E-state index contributed by atoms with van der Waals surface area (Å²) in [5, 5.41) is 12.7. The maximum atomic E-state index is 13.6. The molecule has 0 spiro atoms. The van der Waals surface area contributed by atoms with Crippen LogP contribution in [-0.4, -0.2) is 40.3 Å². The van der Waals surface area contributed by atoms with Gasteiger partial charge in [-0.25, -0.2) is 4.39 Å². The lowest BCUT2D eigenvalue weighted by Crippen LogP contribution is -2.35. The standard InChI is InChI=1S/C26H26ClFN4/c27-24-6-5-20(28)13-23(24)25-7-8-26(31-30-25)29-21-9-18-14-32(15-19(18)10-21)22-11-16-3-1-2-4-17(16)12-22/h1-8,13,18-19,21-22H,9-12,14-15H2,(H,29,31)/t18-,19?,21?/m1/s1. The third-order valence-corrected chi connectivity index (χ3v) is 7.88. The Morgan fingerprint density at radius 2 is 1.62 bits per heavy atom. The molecular formula is C26H26ClFN4. The molecule has 2 unspecified atom stereocenters. The first-order chi connectivity index (χ1) is 15.6. The average Bonchev–Trinajstić information content (AvgIpc) is 3.48. The van der Waals surface area contributed by atoms with Gasteiger partial charge in [0.1, 0.15) is 11.6 Å². The summed E-state index contributed by atoms with van der Waals surface area (Å²) in [5.41, 5.74) is 4.22. The van der Waals surface area contributed by atoms with Gasteiger partial charge in [-0.3, -0.25) is 4.90 Å². The van der Waals surface area contributed by atoms with Crippen molar-refractivity contribution in [2.24, 2.45) is 11.8 Å². The summed E-state index contributed by atoms with van der Waals surface area (Å²) < 4.78 is 13.6. The zero-order chi connectivity index (χ0) is 21.7. The molecule has 2 fully saturated rings. The Labute approximate surface area is 192 Å². The molecule has 3 atom stereocenters. The Morgan fingerprint density at radius 1 is 0.906 bits per heavy atom. The molecule has 2 heterocycles. The minimum Gasteiger partial charge on any atom is -0.366 e. The first-order valence-corrected chi connectivity index (χ1v) is 11.9. The van der Waals surface area contributed by atoms with Crippen LogP contribution in [0.1, 0.15) is 24.0 Å². The minimum absolute atomic E-state index is 0.332. The lowest BCUT2D eigenvalue weighted by atomic mass is 10.0. The Morgan fingerprint density at radius 3 is 2.28 bits per heavy atom. The van der Waals surface area contributed by atoms with E-state index in [0.717, 1.165) is 17.7 Å². The van der Waals surface area contributed by atoms with Crippen LogP contribution in [0.4, 0.5) is 10.2 Å². The van der Waals surface area contributed by atoms with Gasteiger partial charge < -0.3 is 5.32 Å². The van der Waals surface area contributed by atoms with Crippen LogP contribution in [-0.2, 0) is 12.8 Å². The topological polar surface area (TPSA) is 41.0 Å². The molecule has 6 heteroatoms. The second-order valence-electron chi connectivity index (χ2n) is 9.55. The Bertz CT molecular complexity index is 1100. The molecule has 0 bridgehead atoms. The van der Waals surface area contributed by atoms with E-state index in [0.29, 0.717) is 28.4 Å². The number of likely N-dealkylation sites (tertiary alicyclic amines) is 1. The molecule has 3 aliphatic rings. The molecule has 2 aliphatic carbocycles. The van der Waals surface area contributed by atoms with Crippen LogP contribution >= 0.6 is 11.6 Å². The number of fused-ring (bicyclic) bond motifs is 2. The number of aromatic nitrogens is 2. The lowest BCUT2D eigenvalue weighted by molar-refractivity contribution is 0.230. The van der Waals surface area contributed by atoms with Crippen LogP contribution in [0.2, 0.25) is 5.02 Å². The molecule has 32 heavy (non-hydrogen) atoms. The van der Waals surface area contributed by atoms with Crippen molar-refractivity contribution in [3.05, 3.63) is 76.6 Å². The van der Waals surface area contributed by atoms with Crippen LogP contribution < -0.4 is 5.32 Å². The highest BCUT2D eigenvalue weighted by Gasteiger charge is 2.43. The number of halogens is 2. The smallest absolute Gasteiger partial charge is 0.148 e. The van der Waals surface area contributed by atoms with E-state index in [1.807, 2.05) is 12.1 Å². The number of nitrogens with one attached hydrogen (secondary N) is 1. The quantitative estimate of drug-likeness (QED) is 0.593. The van der Waals surface area contributed by atoms with Crippen LogP contribution in [0.25, 0.3) is 11.3 Å². The van der Waals surface area contributed by atoms with Crippen molar-refractivity contribution in [2.75, 3.05) is 18.4 Å². The van der Waals surface area contributed by atoms with E-state index in [9.17, 15) is 4.39 Å². The van der Waals surface area contributed by atoms with E-state index in [2.05, 4.69) is 44.7 Å². The van der Waals surface area contributed by atoms with Crippen LogP contribution in [0.5, 0.6) is 0 Å². The normalized spacial score (nSPS) is 25.1. The van der Waals surface area contributed by atoms with Gasteiger partial charge in [0.25, 0.3) is 0 Å². The molecule has 0 amide bonds. The second-order valence-corrected chi connectivity index (χ2v) is 9.95. The van der Waals surface area contributed by atoms with E-state index in [-0.39, 0.29) is 5.82 Å². The molecule has 4 nitrogen and oxygen atoms in total. The summed E-state index contributed by atoms with van der Waals surface area (Å²) in [4.78, 5) is 2.74. The fraction of sp³-hybridized carbons (Fsp3) is 0.385. The Hall–Kier alpha value is -2.50. The van der Waals surface area contributed by atoms with Crippen molar-refractivity contribution in [1.29, 1.82) is 0 Å². The van der Waals surface area contributed by atoms with E-state index >= 15 is 0 Å². The van der Waals surface area contributed by atoms with Crippen molar-refractivity contribution >= 4 is 17.4 Å². The number of benzene rings is 2. The molecule has 1 aromatic heterocycles.